The van der Waals surface area contributed by atoms with E-state index in [0.717, 1.165) is 65.2 Å². The molecule has 0 spiro atoms. The van der Waals surface area contributed by atoms with Gasteiger partial charge >= 0.3 is 0 Å². The fraction of sp³-hybridized carbons (Fsp3) is 0.900. The maximum absolute atomic E-state index is 12.2. The minimum Gasteiger partial charge on any atom is -0.378 e. The first-order chi connectivity index (χ1) is 13.6. The Bertz CT molecular complexity index is 423. The predicted octanol–water partition coefficient (Wildman–Crippen LogP) is 0.128. The topological polar surface area (TPSA) is 65.6 Å². The van der Waals surface area contributed by atoms with E-state index in [1.807, 2.05) is 9.80 Å². The summed E-state index contributed by atoms with van der Waals surface area (Å²) in [7, 11) is 4.16. The highest BCUT2D eigenvalue weighted by Gasteiger charge is 2.18. The van der Waals surface area contributed by atoms with Crippen LogP contribution in [0.5, 0.6) is 0 Å². The van der Waals surface area contributed by atoms with Gasteiger partial charge in [-0.15, -0.1) is 0 Å². The van der Waals surface area contributed by atoms with Crippen LogP contribution in [0, 0.1) is 0 Å². The summed E-state index contributed by atoms with van der Waals surface area (Å²) in [6.07, 6.45) is 3.37. The van der Waals surface area contributed by atoms with Gasteiger partial charge in [0.1, 0.15) is 0 Å². The van der Waals surface area contributed by atoms with Gasteiger partial charge in [-0.1, -0.05) is 0 Å². The van der Waals surface area contributed by atoms with Crippen LogP contribution in [-0.4, -0.2) is 124 Å². The molecule has 0 aromatic heterocycles. The van der Waals surface area contributed by atoms with Gasteiger partial charge in [0.2, 0.25) is 11.8 Å². The molecule has 2 saturated heterocycles. The molecule has 0 N–H and O–H groups in total. The van der Waals surface area contributed by atoms with Gasteiger partial charge in [0.25, 0.3) is 0 Å². The second-order valence-corrected chi connectivity index (χ2v) is 7.80. The molecule has 28 heavy (non-hydrogen) atoms. The monoisotopic (exact) mass is 398 g/mol. The van der Waals surface area contributed by atoms with Crippen LogP contribution in [0.3, 0.4) is 0 Å². The minimum atomic E-state index is 0.236. The molecule has 0 aliphatic carbocycles. The highest BCUT2D eigenvalue weighted by molar-refractivity contribution is 5.76. The predicted molar refractivity (Wildman–Crippen MR) is 108 cm³/mol. The molecule has 8 nitrogen and oxygen atoms in total. The third kappa shape index (κ3) is 8.86. The number of unbranched alkanes of at least 4 members (excludes halogenated alkanes) is 1. The van der Waals surface area contributed by atoms with E-state index in [-0.39, 0.29) is 11.8 Å². The Hall–Kier alpha value is -1.22. The molecular formula is C20H38N4O4. The van der Waals surface area contributed by atoms with Crippen LogP contribution in [0.4, 0.5) is 0 Å². The van der Waals surface area contributed by atoms with Crippen molar-refractivity contribution in [3.05, 3.63) is 0 Å². The zero-order valence-electron chi connectivity index (χ0n) is 17.7. The van der Waals surface area contributed by atoms with Crippen molar-refractivity contribution in [2.24, 2.45) is 0 Å². The van der Waals surface area contributed by atoms with Gasteiger partial charge in [0, 0.05) is 52.1 Å². The molecule has 2 amide bonds. The summed E-state index contributed by atoms with van der Waals surface area (Å²) in [4.78, 5) is 32.6. The van der Waals surface area contributed by atoms with Gasteiger partial charge < -0.3 is 29.1 Å². The third-order valence-corrected chi connectivity index (χ3v) is 5.47. The van der Waals surface area contributed by atoms with E-state index in [2.05, 4.69) is 23.9 Å². The summed E-state index contributed by atoms with van der Waals surface area (Å²) in [6, 6.07) is 0. The Morgan fingerprint density at radius 3 is 1.39 bits per heavy atom. The van der Waals surface area contributed by atoms with Gasteiger partial charge in [-0.3, -0.25) is 9.59 Å². The molecule has 0 saturated carbocycles. The molecule has 2 aliphatic heterocycles. The number of hydrogen-bond donors (Lipinski definition) is 0. The first-order valence-corrected chi connectivity index (χ1v) is 10.6. The lowest BCUT2D eigenvalue weighted by molar-refractivity contribution is -0.136. The maximum Gasteiger partial charge on any atom is 0.224 e. The van der Waals surface area contributed by atoms with Gasteiger partial charge in [-0.05, 0) is 40.0 Å². The molecular weight excluding hydrogens is 360 g/mol. The number of nitrogens with zero attached hydrogens (tertiary/aromatic N) is 4. The lowest BCUT2D eigenvalue weighted by Gasteiger charge is -2.28. The number of carbonyl (C=O) groups is 2. The van der Waals surface area contributed by atoms with Gasteiger partial charge in [-0.25, -0.2) is 0 Å². The Morgan fingerprint density at radius 1 is 0.679 bits per heavy atom. The Morgan fingerprint density at radius 2 is 1.04 bits per heavy atom. The smallest absolute Gasteiger partial charge is 0.224 e. The molecule has 0 aromatic rings. The zero-order chi connectivity index (χ0) is 20.2. The van der Waals surface area contributed by atoms with E-state index in [1.54, 1.807) is 0 Å². The Balaban J connectivity index is 1.46. The summed E-state index contributed by atoms with van der Waals surface area (Å²) in [6.45, 7) is 9.15. The molecule has 0 atom stereocenters. The first-order valence-electron chi connectivity index (χ1n) is 10.6. The second-order valence-electron chi connectivity index (χ2n) is 7.80. The van der Waals surface area contributed by atoms with E-state index < -0.39 is 0 Å². The molecule has 8 heteroatoms. The van der Waals surface area contributed by atoms with Crippen molar-refractivity contribution < 1.29 is 19.1 Å². The molecule has 0 bridgehead atoms. The van der Waals surface area contributed by atoms with Crippen LogP contribution in [0.2, 0.25) is 0 Å². The summed E-state index contributed by atoms with van der Waals surface area (Å²) >= 11 is 0. The van der Waals surface area contributed by atoms with E-state index >= 15 is 0 Å². The van der Waals surface area contributed by atoms with Crippen molar-refractivity contribution in [1.29, 1.82) is 0 Å². The lowest BCUT2D eigenvalue weighted by Crippen LogP contribution is -2.42. The molecule has 0 aromatic carbocycles. The molecule has 2 heterocycles. The SMILES string of the molecule is CN(CCCCN(C)CCC(=O)N1CCOCC1)CCC(=O)N1CCOCC1. The maximum atomic E-state index is 12.2. The third-order valence-electron chi connectivity index (χ3n) is 5.47. The van der Waals surface area contributed by atoms with Crippen LogP contribution in [0.15, 0.2) is 0 Å². The van der Waals surface area contributed by atoms with E-state index in [0.29, 0.717) is 39.3 Å². The zero-order valence-corrected chi connectivity index (χ0v) is 17.7. The first kappa shape index (κ1) is 23.1. The molecule has 2 fully saturated rings. The van der Waals surface area contributed by atoms with Crippen molar-refractivity contribution in [3.8, 4) is 0 Å². The molecule has 162 valence electrons. The largest absolute Gasteiger partial charge is 0.378 e. The Labute approximate surface area is 169 Å². The van der Waals surface area contributed by atoms with Crippen LogP contribution in [0.1, 0.15) is 25.7 Å². The van der Waals surface area contributed by atoms with Crippen molar-refractivity contribution >= 4 is 11.8 Å². The minimum absolute atomic E-state index is 0.236. The molecule has 2 aliphatic rings. The summed E-state index contributed by atoms with van der Waals surface area (Å²) in [5, 5.41) is 0. The van der Waals surface area contributed by atoms with Crippen LogP contribution in [0.25, 0.3) is 0 Å². The fourth-order valence-electron chi connectivity index (χ4n) is 3.50. The number of carbonyl (C=O) groups excluding carboxylic acids is 2. The van der Waals surface area contributed by atoms with Crippen molar-refractivity contribution in [1.82, 2.24) is 19.6 Å². The normalized spacial score (nSPS) is 18.1. The average Bonchev–Trinajstić information content (AvgIpc) is 2.74. The summed E-state index contributed by atoms with van der Waals surface area (Å²) < 4.78 is 10.6. The van der Waals surface area contributed by atoms with Crippen molar-refractivity contribution in [2.45, 2.75) is 25.7 Å². The van der Waals surface area contributed by atoms with Gasteiger partial charge in [0.15, 0.2) is 0 Å². The number of rotatable bonds is 11. The van der Waals surface area contributed by atoms with Crippen molar-refractivity contribution in [3.63, 3.8) is 0 Å². The quantitative estimate of drug-likeness (QED) is 0.461. The number of ether oxygens (including phenoxy) is 2. The van der Waals surface area contributed by atoms with E-state index in [9.17, 15) is 9.59 Å². The summed E-state index contributed by atoms with van der Waals surface area (Å²) in [5.41, 5.74) is 0. The second kappa shape index (κ2) is 13.1. The number of hydrogen-bond acceptors (Lipinski definition) is 6. The van der Waals surface area contributed by atoms with E-state index in [4.69, 9.17) is 9.47 Å². The highest BCUT2D eigenvalue weighted by atomic mass is 16.5. The number of morpholine rings is 2. The van der Waals surface area contributed by atoms with E-state index in [1.165, 1.54) is 0 Å². The van der Waals surface area contributed by atoms with Crippen LogP contribution in [-0.2, 0) is 19.1 Å². The fourth-order valence-corrected chi connectivity index (χ4v) is 3.50. The number of amides is 2. The van der Waals surface area contributed by atoms with Crippen LogP contribution < -0.4 is 0 Å². The van der Waals surface area contributed by atoms with Crippen LogP contribution >= 0.6 is 0 Å². The van der Waals surface area contributed by atoms with Crippen molar-refractivity contribution in [2.75, 3.05) is 92.9 Å². The van der Waals surface area contributed by atoms with Gasteiger partial charge in [-0.2, -0.15) is 0 Å². The molecule has 2 rings (SSSR count). The highest BCUT2D eigenvalue weighted by Crippen LogP contribution is 2.04. The lowest BCUT2D eigenvalue weighted by atomic mass is 10.2. The van der Waals surface area contributed by atoms with Gasteiger partial charge in [0.05, 0.1) is 26.4 Å². The Kier molecular flexibility index (Phi) is 10.8. The molecule has 0 radical (unpaired) electrons. The summed E-state index contributed by atoms with van der Waals surface area (Å²) in [5.74, 6) is 0.472. The standard InChI is InChI=1S/C20H38N4O4/c1-21(9-5-19(25)23-11-15-27-16-12-23)7-3-4-8-22(2)10-6-20(26)24-13-17-28-18-14-24/h3-18H2,1-2H3. The molecule has 0 unspecified atom stereocenters. The average molecular weight is 399 g/mol.